The summed E-state index contributed by atoms with van der Waals surface area (Å²) in [4.78, 5) is 14.2. The van der Waals surface area contributed by atoms with Gasteiger partial charge in [0.05, 0.1) is 12.1 Å². The van der Waals surface area contributed by atoms with E-state index in [2.05, 4.69) is 12.2 Å². The van der Waals surface area contributed by atoms with E-state index in [9.17, 15) is 4.79 Å². The van der Waals surface area contributed by atoms with Crippen molar-refractivity contribution in [3.05, 3.63) is 0 Å². The first-order chi connectivity index (χ1) is 7.70. The van der Waals surface area contributed by atoms with Crippen molar-refractivity contribution >= 4 is 5.91 Å². The zero-order chi connectivity index (χ0) is 12.0. The number of nitrogens with one attached hydrogen (secondary N) is 1. The molecule has 0 saturated carbocycles. The van der Waals surface area contributed by atoms with Gasteiger partial charge in [0.25, 0.3) is 0 Å². The number of hydrogen-bond acceptors (Lipinski definition) is 3. The highest BCUT2D eigenvalue weighted by Crippen LogP contribution is 2.26. The van der Waals surface area contributed by atoms with Gasteiger partial charge in [0.1, 0.15) is 0 Å². The van der Waals surface area contributed by atoms with E-state index in [0.717, 1.165) is 32.2 Å². The quantitative estimate of drug-likeness (QED) is 0.705. The first kappa shape index (κ1) is 13.5. The Bertz CT molecular complexity index is 225. The number of aliphatic hydroxyl groups excluding tert-OH is 1. The molecular weight excluding hydrogens is 204 g/mol. The topological polar surface area (TPSA) is 52.6 Å². The van der Waals surface area contributed by atoms with E-state index >= 15 is 0 Å². The van der Waals surface area contributed by atoms with Crippen LogP contribution in [0.2, 0.25) is 0 Å². The Balaban J connectivity index is 2.73. The number of likely N-dealkylation sites (N-methyl/N-ethyl adjacent to an activating group) is 1. The molecule has 2 N–H and O–H groups in total. The largest absolute Gasteiger partial charge is 0.395 e. The SMILES string of the molecule is CCCC1(C(=O)N(CC)CCO)CCCN1. The Hall–Kier alpha value is -0.610. The Labute approximate surface area is 98.0 Å². The molecular formula is C12H24N2O2. The lowest BCUT2D eigenvalue weighted by Crippen LogP contribution is -2.55. The molecule has 1 unspecified atom stereocenters. The van der Waals surface area contributed by atoms with Crippen LogP contribution in [0.4, 0.5) is 0 Å². The number of aliphatic hydroxyl groups is 1. The molecule has 1 amide bonds. The molecule has 0 aromatic rings. The fraction of sp³-hybridized carbons (Fsp3) is 0.917. The molecule has 0 aromatic carbocycles. The van der Waals surface area contributed by atoms with Gasteiger partial charge in [-0.2, -0.15) is 0 Å². The van der Waals surface area contributed by atoms with Crippen LogP contribution in [-0.4, -0.2) is 47.7 Å². The van der Waals surface area contributed by atoms with Crippen molar-refractivity contribution in [2.24, 2.45) is 0 Å². The number of amides is 1. The van der Waals surface area contributed by atoms with E-state index in [0.29, 0.717) is 13.1 Å². The maximum absolute atomic E-state index is 12.4. The molecule has 0 aromatic heterocycles. The van der Waals surface area contributed by atoms with Crippen molar-refractivity contribution in [2.75, 3.05) is 26.2 Å². The number of hydrogen-bond donors (Lipinski definition) is 2. The van der Waals surface area contributed by atoms with Crippen LogP contribution in [0.25, 0.3) is 0 Å². The van der Waals surface area contributed by atoms with Crippen molar-refractivity contribution < 1.29 is 9.90 Å². The minimum atomic E-state index is -0.347. The molecule has 1 rings (SSSR count). The Kier molecular flexibility index (Phi) is 5.22. The molecule has 1 fully saturated rings. The fourth-order valence-corrected chi connectivity index (χ4v) is 2.56. The fourth-order valence-electron chi connectivity index (χ4n) is 2.56. The highest BCUT2D eigenvalue weighted by Gasteiger charge is 2.41. The van der Waals surface area contributed by atoms with Gasteiger partial charge in [0, 0.05) is 13.1 Å². The maximum atomic E-state index is 12.4. The van der Waals surface area contributed by atoms with Gasteiger partial charge in [-0.25, -0.2) is 0 Å². The van der Waals surface area contributed by atoms with Crippen LogP contribution in [0.5, 0.6) is 0 Å². The summed E-state index contributed by atoms with van der Waals surface area (Å²) in [6, 6.07) is 0. The summed E-state index contributed by atoms with van der Waals surface area (Å²) in [5.74, 6) is 0.170. The first-order valence-electron chi connectivity index (χ1n) is 6.35. The molecule has 4 nitrogen and oxygen atoms in total. The molecule has 1 heterocycles. The molecule has 94 valence electrons. The Morgan fingerprint density at radius 1 is 1.50 bits per heavy atom. The van der Waals surface area contributed by atoms with Crippen LogP contribution in [0.15, 0.2) is 0 Å². The van der Waals surface area contributed by atoms with Gasteiger partial charge in [-0.3, -0.25) is 4.79 Å². The van der Waals surface area contributed by atoms with E-state index in [1.54, 1.807) is 4.90 Å². The predicted octanol–water partition coefficient (Wildman–Crippen LogP) is 0.750. The minimum Gasteiger partial charge on any atom is -0.395 e. The normalized spacial score (nSPS) is 24.7. The standard InChI is InChI=1S/C12H24N2O2/c1-3-6-12(7-5-8-13-12)11(16)14(4-2)9-10-15/h13,15H,3-10H2,1-2H3. The summed E-state index contributed by atoms with van der Waals surface area (Å²) in [6.07, 6.45) is 3.91. The molecule has 0 radical (unpaired) electrons. The van der Waals surface area contributed by atoms with Crippen LogP contribution in [0.3, 0.4) is 0 Å². The van der Waals surface area contributed by atoms with E-state index < -0.39 is 0 Å². The summed E-state index contributed by atoms with van der Waals surface area (Å²) >= 11 is 0. The van der Waals surface area contributed by atoms with Gasteiger partial charge >= 0.3 is 0 Å². The van der Waals surface area contributed by atoms with Crippen LogP contribution >= 0.6 is 0 Å². The first-order valence-corrected chi connectivity index (χ1v) is 6.35. The third kappa shape index (κ3) is 2.74. The smallest absolute Gasteiger partial charge is 0.242 e. The lowest BCUT2D eigenvalue weighted by molar-refractivity contribution is -0.138. The molecule has 0 bridgehead atoms. The van der Waals surface area contributed by atoms with Crippen LogP contribution in [0, 0.1) is 0 Å². The van der Waals surface area contributed by atoms with Gasteiger partial charge in [-0.05, 0) is 32.7 Å². The van der Waals surface area contributed by atoms with Crippen molar-refractivity contribution in [3.8, 4) is 0 Å². The average molecular weight is 228 g/mol. The average Bonchev–Trinajstić information content (AvgIpc) is 2.75. The predicted molar refractivity (Wildman–Crippen MR) is 64.2 cm³/mol. The molecule has 0 aliphatic carbocycles. The zero-order valence-electron chi connectivity index (χ0n) is 10.5. The van der Waals surface area contributed by atoms with E-state index in [-0.39, 0.29) is 18.1 Å². The van der Waals surface area contributed by atoms with Gasteiger partial charge < -0.3 is 15.3 Å². The lowest BCUT2D eigenvalue weighted by Gasteiger charge is -2.33. The number of carbonyl (C=O) groups excluding carboxylic acids is 1. The molecule has 1 saturated heterocycles. The number of rotatable bonds is 6. The van der Waals surface area contributed by atoms with Crippen molar-refractivity contribution in [3.63, 3.8) is 0 Å². The van der Waals surface area contributed by atoms with E-state index in [1.807, 2.05) is 6.92 Å². The second-order valence-corrected chi connectivity index (χ2v) is 4.47. The van der Waals surface area contributed by atoms with Crippen molar-refractivity contribution in [1.82, 2.24) is 10.2 Å². The molecule has 4 heteroatoms. The van der Waals surface area contributed by atoms with Gasteiger partial charge in [-0.15, -0.1) is 0 Å². The molecule has 1 aliphatic rings. The summed E-state index contributed by atoms with van der Waals surface area (Å²) in [5.41, 5.74) is -0.347. The number of nitrogens with zero attached hydrogens (tertiary/aromatic N) is 1. The third-order valence-electron chi connectivity index (χ3n) is 3.37. The van der Waals surface area contributed by atoms with E-state index in [4.69, 9.17) is 5.11 Å². The lowest BCUT2D eigenvalue weighted by atomic mass is 9.90. The van der Waals surface area contributed by atoms with Crippen molar-refractivity contribution in [2.45, 2.75) is 45.1 Å². The summed E-state index contributed by atoms with van der Waals surface area (Å²) in [7, 11) is 0. The van der Waals surface area contributed by atoms with Crippen LogP contribution in [-0.2, 0) is 4.79 Å². The van der Waals surface area contributed by atoms with Gasteiger partial charge in [-0.1, -0.05) is 13.3 Å². The minimum absolute atomic E-state index is 0.0434. The van der Waals surface area contributed by atoms with Gasteiger partial charge in [0.15, 0.2) is 0 Å². The van der Waals surface area contributed by atoms with Crippen molar-refractivity contribution in [1.29, 1.82) is 0 Å². The highest BCUT2D eigenvalue weighted by molar-refractivity contribution is 5.86. The van der Waals surface area contributed by atoms with E-state index in [1.165, 1.54) is 0 Å². The van der Waals surface area contributed by atoms with Crippen LogP contribution < -0.4 is 5.32 Å². The van der Waals surface area contributed by atoms with Gasteiger partial charge in [0.2, 0.25) is 5.91 Å². The Morgan fingerprint density at radius 2 is 2.25 bits per heavy atom. The third-order valence-corrected chi connectivity index (χ3v) is 3.37. The highest BCUT2D eigenvalue weighted by atomic mass is 16.3. The second-order valence-electron chi connectivity index (χ2n) is 4.47. The molecule has 0 spiro atoms. The summed E-state index contributed by atoms with van der Waals surface area (Å²) < 4.78 is 0. The summed E-state index contributed by atoms with van der Waals surface area (Å²) in [5, 5.41) is 12.3. The molecule has 1 aliphatic heterocycles. The zero-order valence-corrected chi connectivity index (χ0v) is 10.5. The monoisotopic (exact) mass is 228 g/mol. The van der Waals surface area contributed by atoms with Crippen LogP contribution in [0.1, 0.15) is 39.5 Å². The maximum Gasteiger partial charge on any atom is 0.242 e. The molecule has 16 heavy (non-hydrogen) atoms. The number of carbonyl (C=O) groups is 1. The Morgan fingerprint density at radius 3 is 2.69 bits per heavy atom. The second kappa shape index (κ2) is 6.21. The molecule has 1 atom stereocenters. The summed E-state index contributed by atoms with van der Waals surface area (Å²) in [6.45, 7) is 6.17.